The van der Waals surface area contributed by atoms with Gasteiger partial charge in [-0.3, -0.25) is 4.79 Å². The van der Waals surface area contributed by atoms with Crippen LogP contribution in [0.2, 0.25) is 5.02 Å². The van der Waals surface area contributed by atoms with Gasteiger partial charge in [0.1, 0.15) is 0 Å². The fourth-order valence-electron chi connectivity index (χ4n) is 1.99. The summed E-state index contributed by atoms with van der Waals surface area (Å²) in [5.41, 5.74) is 7.91. The van der Waals surface area contributed by atoms with Gasteiger partial charge in [0, 0.05) is 16.3 Å². The van der Waals surface area contributed by atoms with Crippen LogP contribution in [-0.2, 0) is 0 Å². The number of nitrogens with two attached hydrogens (primary N) is 1. The second kappa shape index (κ2) is 6.44. The number of hydrogen-bond donors (Lipinski definition) is 2. The minimum atomic E-state index is -0.105. The van der Waals surface area contributed by atoms with Crippen molar-refractivity contribution in [1.29, 1.82) is 0 Å². The summed E-state index contributed by atoms with van der Waals surface area (Å²) >= 11 is 5.88. The van der Waals surface area contributed by atoms with Gasteiger partial charge in [-0.05, 0) is 48.4 Å². The number of carbonyl (C=O) groups excluding carboxylic acids is 1. The molecule has 20 heavy (non-hydrogen) atoms. The SMILES string of the molecule is CCC(NC(=O)c1ccc(N)cc1)c1ccc(Cl)cc1. The molecule has 0 radical (unpaired) electrons. The summed E-state index contributed by atoms with van der Waals surface area (Å²) in [5, 5.41) is 3.70. The maximum absolute atomic E-state index is 12.2. The van der Waals surface area contributed by atoms with Gasteiger partial charge in [-0.25, -0.2) is 0 Å². The van der Waals surface area contributed by atoms with E-state index in [1.165, 1.54) is 0 Å². The number of rotatable bonds is 4. The fourth-order valence-corrected chi connectivity index (χ4v) is 2.12. The molecule has 2 rings (SSSR count). The third kappa shape index (κ3) is 3.52. The lowest BCUT2D eigenvalue weighted by atomic mass is 10.0. The molecule has 0 bridgehead atoms. The molecule has 0 saturated carbocycles. The highest BCUT2D eigenvalue weighted by Gasteiger charge is 2.13. The minimum Gasteiger partial charge on any atom is -0.399 e. The summed E-state index contributed by atoms with van der Waals surface area (Å²) in [6.07, 6.45) is 0.808. The molecule has 2 aromatic carbocycles. The van der Waals surface area contributed by atoms with E-state index in [4.69, 9.17) is 17.3 Å². The average Bonchev–Trinajstić information content (AvgIpc) is 2.46. The molecule has 3 N–H and O–H groups in total. The van der Waals surface area contributed by atoms with E-state index >= 15 is 0 Å². The summed E-state index contributed by atoms with van der Waals surface area (Å²) in [6.45, 7) is 2.03. The van der Waals surface area contributed by atoms with Crippen molar-refractivity contribution in [2.45, 2.75) is 19.4 Å². The number of hydrogen-bond acceptors (Lipinski definition) is 2. The number of nitrogens with one attached hydrogen (secondary N) is 1. The Hall–Kier alpha value is -2.00. The Bertz CT molecular complexity index is 578. The molecule has 1 amide bonds. The molecule has 0 heterocycles. The summed E-state index contributed by atoms with van der Waals surface area (Å²) in [6, 6.07) is 14.4. The van der Waals surface area contributed by atoms with Crippen LogP contribution in [0.4, 0.5) is 5.69 Å². The van der Waals surface area contributed by atoms with E-state index in [1.807, 2.05) is 31.2 Å². The van der Waals surface area contributed by atoms with E-state index in [0.29, 0.717) is 16.3 Å². The van der Waals surface area contributed by atoms with Crippen molar-refractivity contribution in [1.82, 2.24) is 5.32 Å². The Morgan fingerprint density at radius 1 is 1.15 bits per heavy atom. The topological polar surface area (TPSA) is 55.1 Å². The molecular formula is C16H17ClN2O. The number of carbonyl (C=O) groups is 1. The Morgan fingerprint density at radius 3 is 2.30 bits per heavy atom. The smallest absolute Gasteiger partial charge is 0.251 e. The molecule has 3 nitrogen and oxygen atoms in total. The third-order valence-corrected chi connectivity index (χ3v) is 3.41. The van der Waals surface area contributed by atoms with Gasteiger partial charge in [0.25, 0.3) is 5.91 Å². The van der Waals surface area contributed by atoms with Crippen molar-refractivity contribution in [2.75, 3.05) is 5.73 Å². The molecule has 0 fully saturated rings. The zero-order chi connectivity index (χ0) is 14.5. The second-order valence-electron chi connectivity index (χ2n) is 4.61. The summed E-state index contributed by atoms with van der Waals surface area (Å²) in [4.78, 5) is 12.2. The number of anilines is 1. The van der Waals surface area contributed by atoms with Gasteiger partial charge in [-0.1, -0.05) is 30.7 Å². The number of benzene rings is 2. The van der Waals surface area contributed by atoms with Crippen LogP contribution in [0.1, 0.15) is 35.3 Å². The van der Waals surface area contributed by atoms with Gasteiger partial charge in [0.2, 0.25) is 0 Å². The maximum Gasteiger partial charge on any atom is 0.251 e. The molecule has 0 spiro atoms. The average molecular weight is 289 g/mol. The Balaban J connectivity index is 2.11. The Kier molecular flexibility index (Phi) is 4.64. The quantitative estimate of drug-likeness (QED) is 0.841. The van der Waals surface area contributed by atoms with Crippen LogP contribution in [0.25, 0.3) is 0 Å². The molecule has 104 valence electrons. The number of amides is 1. The van der Waals surface area contributed by atoms with Crippen LogP contribution in [0.15, 0.2) is 48.5 Å². The predicted octanol–water partition coefficient (Wildman–Crippen LogP) is 3.80. The second-order valence-corrected chi connectivity index (χ2v) is 5.04. The van der Waals surface area contributed by atoms with Crippen LogP contribution in [0, 0.1) is 0 Å². The van der Waals surface area contributed by atoms with Gasteiger partial charge < -0.3 is 11.1 Å². The van der Waals surface area contributed by atoms with Crippen molar-refractivity contribution < 1.29 is 4.79 Å². The maximum atomic E-state index is 12.2. The van der Waals surface area contributed by atoms with Gasteiger partial charge in [-0.15, -0.1) is 0 Å². The standard InChI is InChI=1S/C16H17ClN2O/c1-2-15(11-3-7-13(17)8-4-11)19-16(20)12-5-9-14(18)10-6-12/h3-10,15H,2,18H2,1H3,(H,19,20). The van der Waals surface area contributed by atoms with E-state index in [1.54, 1.807) is 24.3 Å². The summed E-state index contributed by atoms with van der Waals surface area (Å²) < 4.78 is 0. The molecule has 0 aliphatic rings. The van der Waals surface area contributed by atoms with E-state index in [9.17, 15) is 4.79 Å². The van der Waals surface area contributed by atoms with Crippen molar-refractivity contribution in [2.24, 2.45) is 0 Å². The zero-order valence-corrected chi connectivity index (χ0v) is 12.0. The van der Waals surface area contributed by atoms with Crippen molar-refractivity contribution >= 4 is 23.2 Å². The van der Waals surface area contributed by atoms with Gasteiger partial charge in [-0.2, -0.15) is 0 Å². The van der Waals surface area contributed by atoms with E-state index in [-0.39, 0.29) is 11.9 Å². The lowest BCUT2D eigenvalue weighted by molar-refractivity contribution is 0.0935. The fraction of sp³-hybridized carbons (Fsp3) is 0.188. The predicted molar refractivity (Wildman–Crippen MR) is 82.8 cm³/mol. The highest BCUT2D eigenvalue weighted by molar-refractivity contribution is 6.30. The molecule has 4 heteroatoms. The molecule has 0 aromatic heterocycles. The highest BCUT2D eigenvalue weighted by atomic mass is 35.5. The van der Waals surface area contributed by atoms with Crippen LogP contribution in [0.5, 0.6) is 0 Å². The van der Waals surface area contributed by atoms with E-state index in [0.717, 1.165) is 12.0 Å². The first-order valence-corrected chi connectivity index (χ1v) is 6.90. The molecule has 0 aliphatic heterocycles. The lowest BCUT2D eigenvalue weighted by Gasteiger charge is -2.17. The normalized spacial score (nSPS) is 11.9. The third-order valence-electron chi connectivity index (χ3n) is 3.16. The van der Waals surface area contributed by atoms with Crippen molar-refractivity contribution in [3.63, 3.8) is 0 Å². The van der Waals surface area contributed by atoms with Crippen LogP contribution >= 0.6 is 11.6 Å². The van der Waals surface area contributed by atoms with Gasteiger partial charge >= 0.3 is 0 Å². The first-order valence-electron chi connectivity index (χ1n) is 6.52. The van der Waals surface area contributed by atoms with Crippen molar-refractivity contribution in [3.8, 4) is 0 Å². The molecule has 0 aliphatic carbocycles. The van der Waals surface area contributed by atoms with Gasteiger partial charge in [0.05, 0.1) is 6.04 Å². The largest absolute Gasteiger partial charge is 0.399 e. The monoisotopic (exact) mass is 288 g/mol. The summed E-state index contributed by atoms with van der Waals surface area (Å²) in [7, 11) is 0. The van der Waals surface area contributed by atoms with Crippen molar-refractivity contribution in [3.05, 3.63) is 64.7 Å². The zero-order valence-electron chi connectivity index (χ0n) is 11.3. The minimum absolute atomic E-state index is 0.0303. The van der Waals surface area contributed by atoms with Crippen LogP contribution in [0.3, 0.4) is 0 Å². The Labute approximate surface area is 123 Å². The number of halogens is 1. The number of nitrogen functional groups attached to an aromatic ring is 1. The van der Waals surface area contributed by atoms with Crippen LogP contribution in [-0.4, -0.2) is 5.91 Å². The molecule has 0 saturated heterocycles. The first-order chi connectivity index (χ1) is 9.60. The lowest BCUT2D eigenvalue weighted by Crippen LogP contribution is -2.28. The Morgan fingerprint density at radius 2 is 1.75 bits per heavy atom. The molecule has 1 atom stereocenters. The highest BCUT2D eigenvalue weighted by Crippen LogP contribution is 2.19. The molecule has 2 aromatic rings. The van der Waals surface area contributed by atoms with E-state index in [2.05, 4.69) is 5.32 Å². The van der Waals surface area contributed by atoms with Gasteiger partial charge in [0.15, 0.2) is 0 Å². The van der Waals surface area contributed by atoms with Crippen LogP contribution < -0.4 is 11.1 Å². The first kappa shape index (κ1) is 14.4. The molecule has 1 unspecified atom stereocenters. The van der Waals surface area contributed by atoms with E-state index < -0.39 is 0 Å². The summed E-state index contributed by atoms with van der Waals surface area (Å²) in [5.74, 6) is -0.105. The molecular weight excluding hydrogens is 272 g/mol.